The van der Waals surface area contributed by atoms with E-state index in [1.165, 1.54) is 11.8 Å². The lowest BCUT2D eigenvalue weighted by Gasteiger charge is -2.35. The zero-order valence-electron chi connectivity index (χ0n) is 18.3. The molecule has 1 aromatic carbocycles. The zero-order valence-corrected chi connectivity index (χ0v) is 18.3. The summed E-state index contributed by atoms with van der Waals surface area (Å²) in [5, 5.41) is 12.3. The second-order valence-electron chi connectivity index (χ2n) is 8.59. The van der Waals surface area contributed by atoms with Gasteiger partial charge in [-0.05, 0) is 67.6 Å². The van der Waals surface area contributed by atoms with Gasteiger partial charge in [-0.2, -0.15) is 0 Å². The predicted molar refractivity (Wildman–Crippen MR) is 118 cm³/mol. The van der Waals surface area contributed by atoms with Gasteiger partial charge in [-0.15, -0.1) is 0 Å². The molecule has 1 saturated heterocycles. The second kappa shape index (κ2) is 9.24. The van der Waals surface area contributed by atoms with E-state index in [4.69, 9.17) is 4.74 Å². The molecule has 2 aromatic rings. The molecule has 32 heavy (non-hydrogen) atoms. The molecule has 2 heterocycles. The lowest BCUT2D eigenvalue weighted by Crippen LogP contribution is -2.51. The van der Waals surface area contributed by atoms with E-state index in [1.54, 1.807) is 6.20 Å². The van der Waals surface area contributed by atoms with Crippen LogP contribution in [-0.2, 0) is 9.59 Å². The highest BCUT2D eigenvalue weighted by molar-refractivity contribution is 5.93. The van der Waals surface area contributed by atoms with E-state index in [1.807, 2.05) is 37.3 Å². The largest absolute Gasteiger partial charge is 0.487 e. The van der Waals surface area contributed by atoms with Gasteiger partial charge in [-0.25, -0.2) is 9.37 Å². The van der Waals surface area contributed by atoms with E-state index in [2.05, 4.69) is 10.3 Å². The number of ether oxygens (including phenoxy) is 1. The lowest BCUT2D eigenvalue weighted by molar-refractivity contribution is -0.143. The van der Waals surface area contributed by atoms with Gasteiger partial charge in [0.05, 0.1) is 6.54 Å². The number of likely N-dealkylation sites (tertiary alicyclic amines) is 1. The molecule has 0 spiro atoms. The first-order valence-corrected chi connectivity index (χ1v) is 11.0. The number of benzene rings is 1. The quantitative estimate of drug-likeness (QED) is 0.719. The van der Waals surface area contributed by atoms with Crippen LogP contribution in [-0.4, -0.2) is 58.3 Å². The maximum Gasteiger partial charge on any atom is 0.251 e. The van der Waals surface area contributed by atoms with Crippen molar-refractivity contribution in [2.24, 2.45) is 5.92 Å². The summed E-state index contributed by atoms with van der Waals surface area (Å²) in [6.07, 6.45) is 0.767. The highest BCUT2D eigenvalue weighted by Crippen LogP contribution is 2.32. The molecule has 2 aliphatic rings. The van der Waals surface area contributed by atoms with Crippen LogP contribution in [0.3, 0.4) is 0 Å². The highest BCUT2D eigenvalue weighted by Gasteiger charge is 2.34. The number of hydrogen-bond donors (Lipinski definition) is 2. The van der Waals surface area contributed by atoms with E-state index in [0.29, 0.717) is 24.5 Å². The van der Waals surface area contributed by atoms with Crippen molar-refractivity contribution in [1.82, 2.24) is 9.88 Å². The number of anilines is 1. The van der Waals surface area contributed by atoms with E-state index in [9.17, 15) is 19.1 Å². The van der Waals surface area contributed by atoms with E-state index in [-0.39, 0.29) is 18.4 Å². The van der Waals surface area contributed by atoms with Crippen molar-refractivity contribution < 1.29 is 23.8 Å². The monoisotopic (exact) mass is 441 g/mol. The molecule has 1 saturated carbocycles. The van der Waals surface area contributed by atoms with Crippen molar-refractivity contribution in [2.45, 2.75) is 51.5 Å². The summed E-state index contributed by atoms with van der Waals surface area (Å²) in [6.45, 7) is 3.54. The smallest absolute Gasteiger partial charge is 0.251 e. The normalized spacial score (nSPS) is 21.7. The van der Waals surface area contributed by atoms with Crippen molar-refractivity contribution in [3.8, 4) is 16.9 Å². The third-order valence-electron chi connectivity index (χ3n) is 5.90. The van der Waals surface area contributed by atoms with Gasteiger partial charge in [-0.1, -0.05) is 6.07 Å². The molecular formula is C24H28FN3O4. The first kappa shape index (κ1) is 22.2. The minimum atomic E-state index is -1.33. The average Bonchev–Trinajstić information content (AvgIpc) is 3.61. The first-order valence-electron chi connectivity index (χ1n) is 11.0. The Morgan fingerprint density at radius 2 is 1.97 bits per heavy atom. The number of alkyl halides is 1. The van der Waals surface area contributed by atoms with Gasteiger partial charge in [0.2, 0.25) is 5.91 Å². The summed E-state index contributed by atoms with van der Waals surface area (Å²) >= 11 is 0. The van der Waals surface area contributed by atoms with Crippen molar-refractivity contribution >= 4 is 17.6 Å². The van der Waals surface area contributed by atoms with Crippen molar-refractivity contribution in [3.63, 3.8) is 0 Å². The van der Waals surface area contributed by atoms with Crippen LogP contribution in [0, 0.1) is 12.8 Å². The van der Waals surface area contributed by atoms with Crippen LogP contribution >= 0.6 is 0 Å². The van der Waals surface area contributed by atoms with Crippen LogP contribution in [0.4, 0.5) is 10.2 Å². The maximum atomic E-state index is 14.7. The number of halogens is 1. The van der Waals surface area contributed by atoms with E-state index >= 15 is 0 Å². The van der Waals surface area contributed by atoms with Gasteiger partial charge in [-0.3, -0.25) is 9.59 Å². The molecule has 0 radical (unpaired) electrons. The third kappa shape index (κ3) is 5.07. The van der Waals surface area contributed by atoms with Crippen molar-refractivity contribution in [2.75, 3.05) is 18.4 Å². The number of carbonyl (C=O) groups is 2. The highest BCUT2D eigenvalue weighted by atomic mass is 19.1. The second-order valence-corrected chi connectivity index (χ2v) is 8.59. The minimum Gasteiger partial charge on any atom is -0.487 e. The Labute approximate surface area is 186 Å². The van der Waals surface area contributed by atoms with Crippen LogP contribution in [0.15, 0.2) is 36.5 Å². The summed E-state index contributed by atoms with van der Waals surface area (Å²) in [5.74, 6) is 0.771. The van der Waals surface area contributed by atoms with Gasteiger partial charge in [0.15, 0.2) is 6.17 Å². The van der Waals surface area contributed by atoms with Crippen molar-refractivity contribution in [3.05, 3.63) is 42.1 Å². The number of piperidine rings is 1. The third-order valence-corrected chi connectivity index (χ3v) is 5.90. The molecule has 7 nitrogen and oxygen atoms in total. The number of aliphatic hydroxyl groups is 1. The van der Waals surface area contributed by atoms with Crippen LogP contribution in [0.1, 0.15) is 31.7 Å². The lowest BCUT2D eigenvalue weighted by atomic mass is 10.0. The number of aromatic nitrogens is 1. The SMILES string of the molecule is Cc1cc(-c2ccnc(NC(=O)C3CC3)c2)ccc1O[C@H]1CCN(C(=O)[C@H](C)O)C[C@H]1F. The van der Waals surface area contributed by atoms with Crippen LogP contribution in [0.25, 0.3) is 11.1 Å². The van der Waals surface area contributed by atoms with E-state index < -0.39 is 24.3 Å². The summed E-state index contributed by atoms with van der Waals surface area (Å²) in [4.78, 5) is 29.5. The Hall–Kier alpha value is -3.00. The Morgan fingerprint density at radius 3 is 2.62 bits per heavy atom. The zero-order chi connectivity index (χ0) is 22.8. The molecule has 1 aliphatic heterocycles. The molecule has 2 fully saturated rings. The molecule has 3 atom stereocenters. The Bertz CT molecular complexity index is 1010. The first-order chi connectivity index (χ1) is 15.3. The number of rotatable bonds is 6. The summed E-state index contributed by atoms with van der Waals surface area (Å²) in [5.41, 5.74) is 2.71. The Morgan fingerprint density at radius 1 is 1.22 bits per heavy atom. The van der Waals surface area contributed by atoms with Gasteiger partial charge in [0, 0.05) is 25.1 Å². The number of carbonyl (C=O) groups excluding carboxylic acids is 2. The van der Waals surface area contributed by atoms with Gasteiger partial charge >= 0.3 is 0 Å². The van der Waals surface area contributed by atoms with Crippen molar-refractivity contribution in [1.29, 1.82) is 0 Å². The molecule has 170 valence electrons. The number of hydrogen-bond acceptors (Lipinski definition) is 5. The summed E-state index contributed by atoms with van der Waals surface area (Å²) in [7, 11) is 0. The number of nitrogens with zero attached hydrogens (tertiary/aromatic N) is 2. The summed E-state index contributed by atoms with van der Waals surface area (Å²) in [6, 6.07) is 9.37. The Kier molecular flexibility index (Phi) is 6.41. The fourth-order valence-corrected chi connectivity index (χ4v) is 3.86. The molecule has 1 aromatic heterocycles. The molecule has 0 unspecified atom stereocenters. The number of aliphatic hydroxyl groups excluding tert-OH is 1. The molecule has 0 bridgehead atoms. The van der Waals surface area contributed by atoms with Crippen LogP contribution in [0.2, 0.25) is 0 Å². The maximum absolute atomic E-state index is 14.7. The fraction of sp³-hybridized carbons (Fsp3) is 0.458. The molecule has 1 aliphatic carbocycles. The average molecular weight is 442 g/mol. The minimum absolute atomic E-state index is 0.0107. The summed E-state index contributed by atoms with van der Waals surface area (Å²) < 4.78 is 20.6. The number of aryl methyl sites for hydroxylation is 1. The molecule has 4 rings (SSSR count). The number of nitrogens with one attached hydrogen (secondary N) is 1. The molecule has 2 N–H and O–H groups in total. The van der Waals surface area contributed by atoms with Crippen LogP contribution < -0.4 is 10.1 Å². The molecule has 2 amide bonds. The Balaban J connectivity index is 1.42. The molecule has 8 heteroatoms. The topological polar surface area (TPSA) is 91.8 Å². The predicted octanol–water partition coefficient (Wildman–Crippen LogP) is 3.10. The number of amides is 2. The fourth-order valence-electron chi connectivity index (χ4n) is 3.86. The van der Waals surface area contributed by atoms with Gasteiger partial charge in [0.1, 0.15) is 23.8 Å². The molecular weight excluding hydrogens is 413 g/mol. The van der Waals surface area contributed by atoms with E-state index in [0.717, 1.165) is 29.5 Å². The van der Waals surface area contributed by atoms with Gasteiger partial charge < -0.3 is 20.1 Å². The standard InChI is InChI=1S/C24H28FN3O4/c1-14-11-17(18-7-9-26-22(12-18)27-23(30)16-3-4-16)5-6-20(14)32-21-8-10-28(13-19(21)25)24(31)15(2)29/h5-7,9,11-12,15-16,19,21,29H,3-4,8,10,13H2,1-2H3,(H,26,27,30)/t15-,19+,21-/m0/s1. The van der Waals surface area contributed by atoms with Crippen LogP contribution in [0.5, 0.6) is 5.75 Å². The number of pyridine rings is 1. The van der Waals surface area contributed by atoms with Gasteiger partial charge in [0.25, 0.3) is 5.91 Å².